The molecule has 1 heterocycles. The molecule has 13 heteroatoms. The number of nitrogens with zero attached hydrogens (tertiary/aromatic N) is 3. The molecule has 0 saturated heterocycles. The van der Waals surface area contributed by atoms with Crippen molar-refractivity contribution in [2.75, 3.05) is 0 Å². The molecule has 0 fully saturated rings. The maximum atomic E-state index is 13.1. The Balaban J connectivity index is 2.91. The highest BCUT2D eigenvalue weighted by atomic mass is 32.5. The molecule has 1 aromatic heterocycles. The van der Waals surface area contributed by atoms with Gasteiger partial charge in [0.1, 0.15) is 6.54 Å². The molecule has 1 rings (SSSR count). The van der Waals surface area contributed by atoms with E-state index in [0.717, 1.165) is 17.2 Å². The largest absolute Gasteiger partial charge is 0.443 e. The molecule has 0 amide bonds. The van der Waals surface area contributed by atoms with Crippen molar-refractivity contribution in [3.8, 4) is 0 Å². The minimum absolute atomic E-state index is 0.366. The van der Waals surface area contributed by atoms with Crippen molar-refractivity contribution in [3.05, 3.63) is 12.7 Å². The van der Waals surface area contributed by atoms with Gasteiger partial charge in [-0.1, -0.05) is 26.4 Å². The maximum Gasteiger partial charge on any atom is 0.443 e. The van der Waals surface area contributed by atoms with Crippen LogP contribution in [0.25, 0.3) is 0 Å². The van der Waals surface area contributed by atoms with Crippen LogP contribution in [0.1, 0.15) is 19.8 Å². The van der Waals surface area contributed by atoms with Gasteiger partial charge in [0, 0.05) is 5.10 Å². The molecule has 0 radical (unpaired) electrons. The van der Waals surface area contributed by atoms with Crippen LogP contribution in [0.4, 0.5) is 37.0 Å². The van der Waals surface area contributed by atoms with Crippen molar-refractivity contribution in [2.45, 2.75) is 44.0 Å². The minimum Gasteiger partial charge on any atom is -0.237 e. The Morgan fingerprint density at radius 2 is 1.64 bits per heavy atom. The summed E-state index contributed by atoms with van der Waals surface area (Å²) in [5, 5.41) is -3.77. The monoisotopic (exact) mass is 366 g/mol. The Kier molecular flexibility index (Phi) is 4.02. The normalized spacial score (nSPS) is 17.2. The van der Waals surface area contributed by atoms with Crippen molar-refractivity contribution in [1.29, 1.82) is 0 Å². The molecule has 0 aliphatic rings. The highest BCUT2D eigenvalue weighted by molar-refractivity contribution is 8.46. The molecular formula is C9H13F9N3S+. The average molecular weight is 366 g/mol. The van der Waals surface area contributed by atoms with E-state index in [-0.39, 0.29) is 0 Å². The molecule has 0 saturated carbocycles. The summed E-state index contributed by atoms with van der Waals surface area (Å²) in [7, 11) is -11.7. The molecule has 1 aromatic rings. The summed E-state index contributed by atoms with van der Waals surface area (Å²) in [6, 6.07) is 0. The van der Waals surface area contributed by atoms with Crippen LogP contribution in [0.5, 0.6) is 0 Å². The van der Waals surface area contributed by atoms with Gasteiger partial charge in [-0.05, 0) is 6.42 Å². The van der Waals surface area contributed by atoms with Gasteiger partial charge in [-0.15, -0.1) is 4.68 Å². The number of aromatic nitrogens is 3. The first-order valence-corrected chi connectivity index (χ1v) is 7.86. The molecular weight excluding hydrogens is 353 g/mol. The van der Waals surface area contributed by atoms with Crippen LogP contribution in [0.3, 0.4) is 0 Å². The van der Waals surface area contributed by atoms with E-state index in [9.17, 15) is 37.0 Å². The molecule has 0 N–H and O–H groups in total. The van der Waals surface area contributed by atoms with Crippen LogP contribution in [-0.4, -0.2) is 21.0 Å². The lowest BCUT2D eigenvalue weighted by Gasteiger charge is -2.48. The third kappa shape index (κ3) is 3.60. The van der Waals surface area contributed by atoms with Gasteiger partial charge < -0.3 is 0 Å². The number of aryl methyl sites for hydroxylation is 2. The number of alkyl halides is 4. The SMILES string of the molecule is CCCn1c[n+](CCC(F)(F)C(F)(F)S(F)(F)(F)(F)F)cn1. The van der Waals surface area contributed by atoms with Crippen molar-refractivity contribution < 1.29 is 41.6 Å². The standard InChI is InChI=1S/C9H13F9N3S/c1-2-4-21-7-20(6-19-21)5-3-8(10,11)9(12,13)22(14,15,16,17)18/h6-7H,2-5H2,1H3/q+1. The fourth-order valence-corrected chi connectivity index (χ4v) is 2.19. The van der Waals surface area contributed by atoms with Crippen molar-refractivity contribution >= 4 is 10.2 Å². The smallest absolute Gasteiger partial charge is 0.237 e. The molecule has 0 unspecified atom stereocenters. The number of hydrogen-bond acceptors (Lipinski definition) is 1. The number of rotatable bonds is 7. The van der Waals surface area contributed by atoms with E-state index >= 15 is 0 Å². The summed E-state index contributed by atoms with van der Waals surface area (Å²) in [5.74, 6) is -5.95. The zero-order valence-electron chi connectivity index (χ0n) is 11.1. The van der Waals surface area contributed by atoms with Crippen molar-refractivity contribution in [1.82, 2.24) is 9.78 Å². The first-order valence-electron chi connectivity index (χ1n) is 5.91. The Morgan fingerprint density at radius 3 is 2.09 bits per heavy atom. The quantitative estimate of drug-likeness (QED) is 0.515. The van der Waals surface area contributed by atoms with Gasteiger partial charge in [-0.25, -0.2) is 4.57 Å². The van der Waals surface area contributed by atoms with Gasteiger partial charge in [0.15, 0.2) is 0 Å². The van der Waals surface area contributed by atoms with E-state index in [1.54, 1.807) is 6.92 Å². The van der Waals surface area contributed by atoms with Gasteiger partial charge in [0.25, 0.3) is 6.33 Å². The Labute approximate surface area is 119 Å². The van der Waals surface area contributed by atoms with Crippen LogP contribution in [0, 0.1) is 0 Å². The third-order valence-corrected chi connectivity index (χ3v) is 3.94. The van der Waals surface area contributed by atoms with Gasteiger partial charge in [0.05, 0.1) is 13.0 Å². The number of hydrogen-bond donors (Lipinski definition) is 0. The molecule has 0 aromatic carbocycles. The molecule has 0 aliphatic heterocycles. The van der Waals surface area contributed by atoms with Crippen LogP contribution in [0.15, 0.2) is 12.7 Å². The van der Waals surface area contributed by atoms with Crippen LogP contribution in [0.2, 0.25) is 0 Å². The van der Waals surface area contributed by atoms with Crippen LogP contribution < -0.4 is 4.57 Å². The zero-order chi connectivity index (χ0) is 17.5. The summed E-state index contributed by atoms with van der Waals surface area (Å²) in [4.78, 5) is 0. The van der Waals surface area contributed by atoms with E-state index in [0.29, 0.717) is 13.0 Å². The topological polar surface area (TPSA) is 21.7 Å². The van der Waals surface area contributed by atoms with Crippen molar-refractivity contribution in [3.63, 3.8) is 0 Å². The first kappa shape index (κ1) is 18.9. The van der Waals surface area contributed by atoms with Gasteiger partial charge in [-0.3, -0.25) is 0 Å². The Hall–Kier alpha value is -1.14. The lowest BCUT2D eigenvalue weighted by Crippen LogP contribution is -2.50. The third-order valence-electron chi connectivity index (χ3n) is 2.68. The van der Waals surface area contributed by atoms with Crippen molar-refractivity contribution in [2.24, 2.45) is 0 Å². The fourth-order valence-electron chi connectivity index (χ4n) is 1.52. The Bertz CT molecular complexity index is 536. The predicted octanol–water partition coefficient (Wildman–Crippen LogP) is 4.50. The lowest BCUT2D eigenvalue weighted by atomic mass is 10.2. The van der Waals surface area contributed by atoms with Gasteiger partial charge in [-0.2, -0.15) is 17.6 Å². The summed E-state index contributed by atoms with van der Waals surface area (Å²) in [5.41, 5.74) is 0. The average Bonchev–Trinajstić information content (AvgIpc) is 2.71. The van der Waals surface area contributed by atoms with Crippen LogP contribution >= 0.6 is 10.2 Å². The summed E-state index contributed by atoms with van der Waals surface area (Å²) < 4.78 is 114. The zero-order valence-corrected chi connectivity index (χ0v) is 12.0. The lowest BCUT2D eigenvalue weighted by molar-refractivity contribution is -0.700. The second-order valence-corrected chi connectivity index (χ2v) is 7.14. The molecule has 132 valence electrons. The molecule has 0 aliphatic carbocycles. The molecule has 3 nitrogen and oxygen atoms in total. The predicted molar refractivity (Wildman–Crippen MR) is 60.4 cm³/mol. The van der Waals surface area contributed by atoms with E-state index in [1.165, 1.54) is 4.68 Å². The summed E-state index contributed by atoms with van der Waals surface area (Å²) in [6.07, 6.45) is 0.509. The maximum absolute atomic E-state index is 13.1. The second kappa shape index (κ2) is 4.68. The van der Waals surface area contributed by atoms with Gasteiger partial charge in [0.2, 0.25) is 6.33 Å². The Morgan fingerprint density at radius 1 is 1.09 bits per heavy atom. The molecule has 0 spiro atoms. The highest BCUT2D eigenvalue weighted by Gasteiger charge is 2.90. The fraction of sp³-hybridized carbons (Fsp3) is 0.778. The molecule has 0 atom stereocenters. The minimum atomic E-state index is -11.7. The summed E-state index contributed by atoms with van der Waals surface area (Å²) >= 11 is 0. The van der Waals surface area contributed by atoms with E-state index in [1.807, 2.05) is 0 Å². The second-order valence-electron chi connectivity index (χ2n) is 4.69. The van der Waals surface area contributed by atoms with Gasteiger partial charge >= 0.3 is 21.4 Å². The van der Waals surface area contributed by atoms with E-state index < -0.39 is 34.4 Å². The first-order chi connectivity index (χ1) is 9.51. The number of halogens is 9. The van der Waals surface area contributed by atoms with E-state index in [2.05, 4.69) is 5.10 Å². The molecule has 22 heavy (non-hydrogen) atoms. The van der Waals surface area contributed by atoms with E-state index in [4.69, 9.17) is 0 Å². The van der Waals surface area contributed by atoms with Crippen LogP contribution in [-0.2, 0) is 13.1 Å². The summed E-state index contributed by atoms with van der Waals surface area (Å²) in [6.45, 7) is 1.10. The highest BCUT2D eigenvalue weighted by Crippen LogP contribution is 3.05. The molecule has 0 bridgehead atoms.